The fourth-order valence-corrected chi connectivity index (χ4v) is 2.30. The van der Waals surface area contributed by atoms with Gasteiger partial charge in [0.2, 0.25) is 5.91 Å². The Morgan fingerprint density at radius 3 is 2.88 bits per heavy atom. The maximum atomic E-state index is 11.8. The zero-order valence-electron chi connectivity index (χ0n) is 11.2. The van der Waals surface area contributed by atoms with Crippen LogP contribution in [-0.2, 0) is 4.79 Å². The quantitative estimate of drug-likeness (QED) is 0.656. The van der Waals surface area contributed by atoms with Crippen molar-refractivity contribution in [3.8, 4) is 0 Å². The van der Waals surface area contributed by atoms with E-state index in [1.807, 2.05) is 0 Å². The maximum Gasteiger partial charge on any atom is 0.234 e. The van der Waals surface area contributed by atoms with E-state index < -0.39 is 0 Å². The van der Waals surface area contributed by atoms with Crippen LogP contribution in [0.15, 0.2) is 0 Å². The largest absolute Gasteiger partial charge is 0.353 e. The highest BCUT2D eigenvalue weighted by Gasteiger charge is 2.21. The van der Waals surface area contributed by atoms with Crippen LogP contribution in [0.1, 0.15) is 46.0 Å². The molecule has 0 aromatic carbocycles. The Balaban J connectivity index is 2.11. The summed E-state index contributed by atoms with van der Waals surface area (Å²) in [6.45, 7) is 6.60. The van der Waals surface area contributed by atoms with Crippen LogP contribution in [-0.4, -0.2) is 42.5 Å². The fraction of sp³-hybridized carbons (Fsp3) is 0.923. The lowest BCUT2D eigenvalue weighted by Gasteiger charge is -2.18. The molecule has 100 valence electrons. The first-order chi connectivity index (χ1) is 8.11. The van der Waals surface area contributed by atoms with Gasteiger partial charge in [0, 0.05) is 25.2 Å². The second-order valence-corrected chi connectivity index (χ2v) is 5.25. The lowest BCUT2D eigenvalue weighted by molar-refractivity contribution is -0.122. The molecular formula is C13H27N3O. The molecule has 0 radical (unpaired) electrons. The minimum absolute atomic E-state index is 0.142. The Kier molecular flexibility index (Phi) is 6.52. The molecule has 0 aromatic rings. The number of hydrogen-bond acceptors (Lipinski definition) is 3. The summed E-state index contributed by atoms with van der Waals surface area (Å²) in [4.78, 5) is 13.9. The van der Waals surface area contributed by atoms with E-state index in [2.05, 4.69) is 24.1 Å². The molecule has 4 nitrogen and oxygen atoms in total. The van der Waals surface area contributed by atoms with Gasteiger partial charge >= 0.3 is 0 Å². The lowest BCUT2D eigenvalue weighted by Crippen LogP contribution is -2.41. The molecule has 17 heavy (non-hydrogen) atoms. The molecule has 0 saturated carbocycles. The van der Waals surface area contributed by atoms with Gasteiger partial charge in [-0.15, -0.1) is 0 Å². The van der Waals surface area contributed by atoms with Crippen molar-refractivity contribution >= 4 is 5.91 Å². The van der Waals surface area contributed by atoms with Crippen molar-refractivity contribution in [3.05, 3.63) is 0 Å². The minimum atomic E-state index is 0.142. The second-order valence-electron chi connectivity index (χ2n) is 5.25. The van der Waals surface area contributed by atoms with Crippen molar-refractivity contribution in [2.24, 2.45) is 5.73 Å². The molecule has 0 bridgehead atoms. The highest BCUT2D eigenvalue weighted by molar-refractivity contribution is 5.78. The van der Waals surface area contributed by atoms with E-state index in [1.165, 1.54) is 19.3 Å². The first-order valence-electron chi connectivity index (χ1n) is 6.89. The predicted octanol–water partition coefficient (Wildman–Crippen LogP) is 1.10. The van der Waals surface area contributed by atoms with Gasteiger partial charge in [0.1, 0.15) is 0 Å². The number of likely N-dealkylation sites (tertiary alicyclic amines) is 1. The van der Waals surface area contributed by atoms with Gasteiger partial charge in [0.25, 0.3) is 0 Å². The number of nitrogens with two attached hydrogens (primary N) is 1. The Bertz CT molecular complexity index is 233. The van der Waals surface area contributed by atoms with Crippen molar-refractivity contribution in [2.45, 2.75) is 58.0 Å². The molecule has 1 aliphatic rings. The maximum absolute atomic E-state index is 11.8. The van der Waals surface area contributed by atoms with E-state index >= 15 is 0 Å². The van der Waals surface area contributed by atoms with Crippen LogP contribution < -0.4 is 11.1 Å². The van der Waals surface area contributed by atoms with E-state index in [9.17, 15) is 4.79 Å². The molecule has 4 heteroatoms. The van der Waals surface area contributed by atoms with Crippen LogP contribution in [0, 0.1) is 0 Å². The van der Waals surface area contributed by atoms with Gasteiger partial charge in [-0.05, 0) is 19.8 Å². The minimum Gasteiger partial charge on any atom is -0.353 e. The average molecular weight is 241 g/mol. The third-order valence-electron chi connectivity index (χ3n) is 3.32. The first-order valence-corrected chi connectivity index (χ1v) is 6.89. The molecule has 1 unspecified atom stereocenters. The van der Waals surface area contributed by atoms with E-state index in [-0.39, 0.29) is 11.9 Å². The van der Waals surface area contributed by atoms with Crippen molar-refractivity contribution in [1.82, 2.24) is 10.2 Å². The molecule has 0 aromatic heterocycles. The summed E-state index contributed by atoms with van der Waals surface area (Å²) in [5.74, 6) is 0.142. The Morgan fingerprint density at radius 2 is 2.29 bits per heavy atom. The molecule has 1 heterocycles. The zero-order valence-corrected chi connectivity index (χ0v) is 11.2. The number of unbranched alkanes of at least 4 members (excludes halogenated alkanes) is 2. The fourth-order valence-electron chi connectivity index (χ4n) is 2.30. The molecule has 1 aliphatic heterocycles. The number of amides is 1. The predicted molar refractivity (Wildman–Crippen MR) is 70.8 cm³/mol. The van der Waals surface area contributed by atoms with Crippen LogP contribution in [0.2, 0.25) is 0 Å². The first kappa shape index (κ1) is 14.5. The van der Waals surface area contributed by atoms with E-state index in [0.717, 1.165) is 25.9 Å². The van der Waals surface area contributed by atoms with Gasteiger partial charge in [0.05, 0.1) is 6.54 Å². The number of nitrogens with zero attached hydrogens (tertiary/aromatic N) is 1. The summed E-state index contributed by atoms with van der Waals surface area (Å²) in [5, 5.41) is 3.06. The smallest absolute Gasteiger partial charge is 0.234 e. The monoisotopic (exact) mass is 241 g/mol. The Labute approximate surface area is 105 Å². The van der Waals surface area contributed by atoms with Crippen molar-refractivity contribution in [2.75, 3.05) is 19.6 Å². The number of carbonyl (C=O) groups excluding carboxylic acids is 1. The topological polar surface area (TPSA) is 58.4 Å². The third-order valence-corrected chi connectivity index (χ3v) is 3.32. The van der Waals surface area contributed by atoms with E-state index in [0.29, 0.717) is 12.6 Å². The standard InChI is InChI=1S/C13H27N3O/c1-3-4-5-6-11(2)15-13(17)10-16-8-7-12(14)9-16/h11-12H,3-10,14H2,1-2H3,(H,15,17)/t11?,12-/m1/s1. The van der Waals surface area contributed by atoms with Gasteiger partial charge in [-0.1, -0.05) is 26.2 Å². The SMILES string of the molecule is CCCCCC(C)NC(=O)CN1CC[C@@H](N)C1. The molecule has 1 saturated heterocycles. The molecule has 1 rings (SSSR count). The summed E-state index contributed by atoms with van der Waals surface area (Å²) in [6, 6.07) is 0.551. The van der Waals surface area contributed by atoms with E-state index in [4.69, 9.17) is 5.73 Å². The highest BCUT2D eigenvalue weighted by atomic mass is 16.2. The lowest BCUT2D eigenvalue weighted by atomic mass is 10.1. The zero-order chi connectivity index (χ0) is 12.7. The van der Waals surface area contributed by atoms with Crippen LogP contribution in [0.25, 0.3) is 0 Å². The normalized spacial score (nSPS) is 22.6. The van der Waals surface area contributed by atoms with Crippen LogP contribution in [0.4, 0.5) is 0 Å². The molecule has 1 fully saturated rings. The van der Waals surface area contributed by atoms with Crippen LogP contribution in [0.3, 0.4) is 0 Å². The number of nitrogens with one attached hydrogen (secondary N) is 1. The van der Waals surface area contributed by atoms with Gasteiger partial charge in [-0.25, -0.2) is 0 Å². The van der Waals surface area contributed by atoms with Crippen molar-refractivity contribution in [3.63, 3.8) is 0 Å². The van der Waals surface area contributed by atoms with Gasteiger partial charge in [-0.2, -0.15) is 0 Å². The number of carbonyl (C=O) groups is 1. The van der Waals surface area contributed by atoms with Crippen molar-refractivity contribution < 1.29 is 4.79 Å². The third kappa shape index (κ3) is 6.03. The van der Waals surface area contributed by atoms with Gasteiger partial charge < -0.3 is 11.1 Å². The van der Waals surface area contributed by atoms with E-state index in [1.54, 1.807) is 0 Å². The average Bonchev–Trinajstić information content (AvgIpc) is 2.64. The van der Waals surface area contributed by atoms with Gasteiger partial charge in [0.15, 0.2) is 0 Å². The summed E-state index contributed by atoms with van der Waals surface area (Å²) in [5.41, 5.74) is 5.81. The number of rotatable bonds is 7. The molecular weight excluding hydrogens is 214 g/mol. The molecule has 2 atom stereocenters. The number of hydrogen-bond donors (Lipinski definition) is 2. The molecule has 0 spiro atoms. The van der Waals surface area contributed by atoms with Crippen LogP contribution in [0.5, 0.6) is 0 Å². The molecule has 1 amide bonds. The summed E-state index contributed by atoms with van der Waals surface area (Å²) < 4.78 is 0. The summed E-state index contributed by atoms with van der Waals surface area (Å²) >= 11 is 0. The highest BCUT2D eigenvalue weighted by Crippen LogP contribution is 2.06. The molecule has 0 aliphatic carbocycles. The Hall–Kier alpha value is -0.610. The van der Waals surface area contributed by atoms with Gasteiger partial charge in [-0.3, -0.25) is 9.69 Å². The van der Waals surface area contributed by atoms with Crippen LogP contribution >= 0.6 is 0 Å². The van der Waals surface area contributed by atoms with Crippen molar-refractivity contribution in [1.29, 1.82) is 0 Å². The molecule has 3 N–H and O–H groups in total. The summed E-state index contributed by atoms with van der Waals surface area (Å²) in [7, 11) is 0. The Morgan fingerprint density at radius 1 is 1.53 bits per heavy atom. The summed E-state index contributed by atoms with van der Waals surface area (Å²) in [6.07, 6.45) is 5.78. The second kappa shape index (κ2) is 7.67.